The van der Waals surface area contributed by atoms with Crippen molar-refractivity contribution in [1.82, 2.24) is 5.32 Å². The number of hydrogen-bond acceptors (Lipinski definition) is 2. The van der Waals surface area contributed by atoms with Gasteiger partial charge in [0, 0.05) is 11.1 Å². The number of carbonyl (C=O) groups is 1. The van der Waals surface area contributed by atoms with E-state index in [1.165, 1.54) is 31.4 Å². The van der Waals surface area contributed by atoms with Crippen LogP contribution >= 0.6 is 11.6 Å². The van der Waals surface area contributed by atoms with Crippen LogP contribution in [0.15, 0.2) is 18.2 Å². The van der Waals surface area contributed by atoms with Crippen LogP contribution in [0.3, 0.4) is 0 Å². The van der Waals surface area contributed by atoms with E-state index in [-0.39, 0.29) is 18.5 Å². The molecule has 0 radical (unpaired) electrons. The van der Waals surface area contributed by atoms with E-state index in [0.717, 1.165) is 12.8 Å². The molecule has 1 aliphatic rings. The van der Waals surface area contributed by atoms with Crippen LogP contribution in [-0.2, 0) is 4.79 Å². The van der Waals surface area contributed by atoms with Crippen molar-refractivity contribution in [2.75, 3.05) is 11.9 Å². The number of anilines is 1. The van der Waals surface area contributed by atoms with Gasteiger partial charge in [-0.25, -0.2) is 4.39 Å². The molecule has 0 aromatic heterocycles. The molecule has 0 heterocycles. The van der Waals surface area contributed by atoms with Crippen LogP contribution in [0, 0.1) is 5.82 Å². The van der Waals surface area contributed by atoms with Gasteiger partial charge < -0.3 is 10.6 Å². The fourth-order valence-corrected chi connectivity index (χ4v) is 2.49. The third-order valence-corrected chi connectivity index (χ3v) is 3.58. The van der Waals surface area contributed by atoms with E-state index in [1.54, 1.807) is 6.07 Å². The molecule has 5 heteroatoms. The zero-order valence-corrected chi connectivity index (χ0v) is 11.5. The van der Waals surface area contributed by atoms with Crippen molar-refractivity contribution in [3.05, 3.63) is 29.0 Å². The van der Waals surface area contributed by atoms with Crippen LogP contribution in [-0.4, -0.2) is 18.5 Å². The molecule has 0 saturated heterocycles. The second-order valence-electron chi connectivity index (χ2n) is 4.88. The van der Waals surface area contributed by atoms with Gasteiger partial charge in [0.1, 0.15) is 5.82 Å². The maximum Gasteiger partial charge on any atom is 0.239 e. The van der Waals surface area contributed by atoms with Crippen LogP contribution in [0.2, 0.25) is 5.02 Å². The van der Waals surface area contributed by atoms with Gasteiger partial charge in [0.25, 0.3) is 0 Å². The Morgan fingerprint density at radius 3 is 2.74 bits per heavy atom. The van der Waals surface area contributed by atoms with Gasteiger partial charge in [-0.2, -0.15) is 0 Å². The number of benzene rings is 1. The Balaban J connectivity index is 1.79. The fourth-order valence-electron chi connectivity index (χ4n) is 2.33. The van der Waals surface area contributed by atoms with E-state index < -0.39 is 5.82 Å². The predicted octanol–water partition coefficient (Wildman–Crippen LogP) is 3.34. The number of rotatable bonds is 4. The van der Waals surface area contributed by atoms with Gasteiger partial charge in [-0.1, -0.05) is 30.9 Å². The second-order valence-corrected chi connectivity index (χ2v) is 5.32. The summed E-state index contributed by atoms with van der Waals surface area (Å²) in [5.74, 6) is -0.542. The maximum atomic E-state index is 13.5. The summed E-state index contributed by atoms with van der Waals surface area (Å²) >= 11 is 5.66. The predicted molar refractivity (Wildman–Crippen MR) is 74.9 cm³/mol. The Labute approximate surface area is 117 Å². The Bertz CT molecular complexity index is 447. The summed E-state index contributed by atoms with van der Waals surface area (Å²) in [4.78, 5) is 11.7. The van der Waals surface area contributed by atoms with Crippen molar-refractivity contribution in [1.29, 1.82) is 0 Å². The molecule has 19 heavy (non-hydrogen) atoms. The second kappa shape index (κ2) is 6.75. The number of halogens is 2. The summed E-state index contributed by atoms with van der Waals surface area (Å²) in [5, 5.41) is 6.10. The molecule has 0 spiro atoms. The minimum Gasteiger partial charge on any atom is -0.374 e. The Morgan fingerprint density at radius 2 is 2.05 bits per heavy atom. The average Bonchev–Trinajstić information content (AvgIpc) is 2.39. The summed E-state index contributed by atoms with van der Waals surface area (Å²) in [5.41, 5.74) is 0.295. The minimum atomic E-state index is -0.446. The standard InChI is InChI=1S/C14H18ClFN2O/c15-10-6-7-13(12(16)8-10)17-9-14(19)18-11-4-2-1-3-5-11/h6-8,11,17H,1-5,9H2,(H,18,19). The van der Waals surface area contributed by atoms with E-state index in [4.69, 9.17) is 11.6 Å². The van der Waals surface area contributed by atoms with E-state index >= 15 is 0 Å². The van der Waals surface area contributed by atoms with Crippen molar-refractivity contribution < 1.29 is 9.18 Å². The molecule has 104 valence electrons. The van der Waals surface area contributed by atoms with E-state index in [0.29, 0.717) is 10.7 Å². The molecule has 1 aromatic carbocycles. The molecular weight excluding hydrogens is 267 g/mol. The lowest BCUT2D eigenvalue weighted by Gasteiger charge is -2.22. The van der Waals surface area contributed by atoms with Gasteiger partial charge in [-0.05, 0) is 31.0 Å². The van der Waals surface area contributed by atoms with Crippen LogP contribution in [0.5, 0.6) is 0 Å². The number of hydrogen-bond donors (Lipinski definition) is 2. The molecule has 0 unspecified atom stereocenters. The zero-order chi connectivity index (χ0) is 13.7. The highest BCUT2D eigenvalue weighted by Gasteiger charge is 2.15. The van der Waals surface area contributed by atoms with Crippen LogP contribution in [0.1, 0.15) is 32.1 Å². The number of carbonyl (C=O) groups excluding carboxylic acids is 1. The largest absolute Gasteiger partial charge is 0.374 e. The van der Waals surface area contributed by atoms with Crippen molar-refractivity contribution in [2.24, 2.45) is 0 Å². The first-order valence-electron chi connectivity index (χ1n) is 6.63. The summed E-state index contributed by atoms with van der Waals surface area (Å²) in [6.07, 6.45) is 5.68. The molecule has 1 saturated carbocycles. The lowest BCUT2D eigenvalue weighted by molar-refractivity contribution is -0.120. The third-order valence-electron chi connectivity index (χ3n) is 3.34. The third kappa shape index (κ3) is 4.39. The van der Waals surface area contributed by atoms with E-state index in [1.807, 2.05) is 0 Å². The first-order valence-corrected chi connectivity index (χ1v) is 7.01. The van der Waals surface area contributed by atoms with Crippen molar-refractivity contribution in [3.8, 4) is 0 Å². The van der Waals surface area contributed by atoms with E-state index in [9.17, 15) is 9.18 Å². The smallest absolute Gasteiger partial charge is 0.239 e. The Morgan fingerprint density at radius 1 is 1.32 bits per heavy atom. The molecule has 0 aliphatic heterocycles. The molecule has 1 aromatic rings. The SMILES string of the molecule is O=C(CNc1ccc(Cl)cc1F)NC1CCCCC1. The lowest BCUT2D eigenvalue weighted by Crippen LogP contribution is -2.39. The lowest BCUT2D eigenvalue weighted by atomic mass is 9.95. The highest BCUT2D eigenvalue weighted by atomic mass is 35.5. The summed E-state index contributed by atoms with van der Waals surface area (Å²) in [6, 6.07) is 4.62. The topological polar surface area (TPSA) is 41.1 Å². The monoisotopic (exact) mass is 284 g/mol. The molecule has 1 fully saturated rings. The fraction of sp³-hybridized carbons (Fsp3) is 0.500. The molecule has 1 aliphatic carbocycles. The Hall–Kier alpha value is -1.29. The molecule has 0 atom stereocenters. The molecule has 2 N–H and O–H groups in total. The van der Waals surface area contributed by atoms with Crippen molar-refractivity contribution >= 4 is 23.2 Å². The highest BCUT2D eigenvalue weighted by molar-refractivity contribution is 6.30. The van der Waals surface area contributed by atoms with Crippen molar-refractivity contribution in [2.45, 2.75) is 38.1 Å². The maximum absolute atomic E-state index is 13.5. The first-order chi connectivity index (χ1) is 9.15. The molecule has 1 amide bonds. The zero-order valence-electron chi connectivity index (χ0n) is 10.7. The quantitative estimate of drug-likeness (QED) is 0.890. The van der Waals surface area contributed by atoms with E-state index in [2.05, 4.69) is 10.6 Å². The molecule has 3 nitrogen and oxygen atoms in total. The van der Waals surface area contributed by atoms with Crippen LogP contribution in [0.4, 0.5) is 10.1 Å². The van der Waals surface area contributed by atoms with Crippen LogP contribution < -0.4 is 10.6 Å². The van der Waals surface area contributed by atoms with Gasteiger partial charge in [-0.3, -0.25) is 4.79 Å². The first kappa shape index (κ1) is 14.1. The Kier molecular flexibility index (Phi) is 5.02. The number of amides is 1. The highest BCUT2D eigenvalue weighted by Crippen LogP contribution is 2.19. The minimum absolute atomic E-state index is 0.0784. The van der Waals surface area contributed by atoms with Gasteiger partial charge in [0.05, 0.1) is 12.2 Å². The summed E-state index contributed by atoms with van der Waals surface area (Å²) in [6.45, 7) is 0.0784. The molecule has 0 bridgehead atoms. The average molecular weight is 285 g/mol. The van der Waals surface area contributed by atoms with Gasteiger partial charge in [0.15, 0.2) is 0 Å². The van der Waals surface area contributed by atoms with Gasteiger partial charge in [0.2, 0.25) is 5.91 Å². The van der Waals surface area contributed by atoms with Crippen LogP contribution in [0.25, 0.3) is 0 Å². The summed E-state index contributed by atoms with van der Waals surface area (Å²) in [7, 11) is 0. The molecular formula is C14H18ClFN2O. The van der Waals surface area contributed by atoms with Gasteiger partial charge in [-0.15, -0.1) is 0 Å². The normalized spacial score (nSPS) is 16.1. The molecule has 2 rings (SSSR count). The van der Waals surface area contributed by atoms with Crippen molar-refractivity contribution in [3.63, 3.8) is 0 Å². The summed E-state index contributed by atoms with van der Waals surface area (Å²) < 4.78 is 13.5. The number of nitrogens with one attached hydrogen (secondary N) is 2. The van der Waals surface area contributed by atoms with Gasteiger partial charge >= 0.3 is 0 Å².